The van der Waals surface area contributed by atoms with Crippen LogP contribution >= 0.6 is 0 Å². The molecular weight excluding hydrogens is 346 g/mol. The number of nitrogens with one attached hydrogen (secondary N) is 1. The van der Waals surface area contributed by atoms with Gasteiger partial charge in [-0.1, -0.05) is 25.5 Å². The van der Waals surface area contributed by atoms with E-state index in [-0.39, 0.29) is 29.9 Å². The van der Waals surface area contributed by atoms with Gasteiger partial charge in [0.2, 0.25) is 5.91 Å². The van der Waals surface area contributed by atoms with E-state index in [4.69, 9.17) is 10.2 Å². The molecule has 2 heterocycles. The van der Waals surface area contributed by atoms with E-state index in [0.29, 0.717) is 18.0 Å². The fourth-order valence-corrected chi connectivity index (χ4v) is 3.25. The van der Waals surface area contributed by atoms with E-state index < -0.39 is 5.54 Å². The smallest absolute Gasteiger partial charge is 0.277 e. The molecule has 27 heavy (non-hydrogen) atoms. The van der Waals surface area contributed by atoms with E-state index in [9.17, 15) is 9.59 Å². The Hall–Kier alpha value is -3.16. The molecule has 0 unspecified atom stereocenters. The van der Waals surface area contributed by atoms with Gasteiger partial charge in [-0.3, -0.25) is 14.5 Å². The van der Waals surface area contributed by atoms with Gasteiger partial charge in [-0.25, -0.2) is 9.98 Å². The van der Waals surface area contributed by atoms with E-state index in [1.54, 1.807) is 20.0 Å². The number of nitrogens with two attached hydrogens (primary N) is 1. The highest BCUT2D eigenvalue weighted by molar-refractivity contribution is 6.02. The van der Waals surface area contributed by atoms with Gasteiger partial charge in [0.25, 0.3) is 5.91 Å². The number of rotatable bonds is 5. The van der Waals surface area contributed by atoms with Crippen LogP contribution in [0.5, 0.6) is 0 Å². The molecule has 8 heteroatoms. The molecule has 0 spiro atoms. The highest BCUT2D eigenvalue weighted by atomic mass is 16.3. The van der Waals surface area contributed by atoms with Crippen molar-refractivity contribution >= 4 is 23.5 Å². The Labute approximate surface area is 157 Å². The number of hydrogen-bond acceptors (Lipinski definition) is 6. The van der Waals surface area contributed by atoms with Crippen molar-refractivity contribution in [1.82, 2.24) is 9.88 Å². The first-order valence-electron chi connectivity index (χ1n) is 8.80. The van der Waals surface area contributed by atoms with Crippen LogP contribution in [0, 0.1) is 6.92 Å². The first-order chi connectivity index (χ1) is 12.8. The summed E-state index contributed by atoms with van der Waals surface area (Å²) in [6, 6.07) is 7.33. The molecule has 2 amide bonds. The summed E-state index contributed by atoms with van der Waals surface area (Å²) in [5.74, 6) is 0.178. The number of aromatic nitrogens is 1. The quantitative estimate of drug-likeness (QED) is 0.840. The number of oxazole rings is 1. The average Bonchev–Trinajstić information content (AvgIpc) is 3.07. The van der Waals surface area contributed by atoms with Crippen LogP contribution in [0.4, 0.5) is 5.69 Å². The number of carbonyl (C=O) groups is 2. The Balaban J connectivity index is 1.93. The predicted molar refractivity (Wildman–Crippen MR) is 101 cm³/mol. The minimum absolute atomic E-state index is 0.0801. The zero-order valence-electron chi connectivity index (χ0n) is 15.7. The van der Waals surface area contributed by atoms with E-state index in [1.807, 2.05) is 25.1 Å². The van der Waals surface area contributed by atoms with Crippen molar-refractivity contribution in [2.75, 3.05) is 12.4 Å². The summed E-state index contributed by atoms with van der Waals surface area (Å²) in [5.41, 5.74) is 6.88. The zero-order chi connectivity index (χ0) is 19.6. The summed E-state index contributed by atoms with van der Waals surface area (Å²) in [4.78, 5) is 34.8. The number of carbonyl (C=O) groups excluding carboxylic acids is 2. The Bertz CT molecular complexity index is 904. The SMILES string of the molecule is CCC[C@@]1(c2cccc(NC(=O)c3coc(C)n3)c2)CC(=O)N(C)C(N)=N1. The van der Waals surface area contributed by atoms with Gasteiger partial charge in [0.15, 0.2) is 17.5 Å². The molecule has 1 aliphatic heterocycles. The second-order valence-electron chi connectivity index (χ2n) is 6.67. The van der Waals surface area contributed by atoms with E-state index >= 15 is 0 Å². The summed E-state index contributed by atoms with van der Waals surface area (Å²) in [5, 5.41) is 2.81. The number of aliphatic imine (C=N–C) groups is 1. The lowest BCUT2D eigenvalue weighted by molar-refractivity contribution is -0.128. The molecule has 3 N–H and O–H groups in total. The first-order valence-corrected chi connectivity index (χ1v) is 8.80. The summed E-state index contributed by atoms with van der Waals surface area (Å²) in [6.45, 7) is 3.71. The largest absolute Gasteiger partial charge is 0.448 e. The molecule has 142 valence electrons. The van der Waals surface area contributed by atoms with Crippen LogP contribution < -0.4 is 11.1 Å². The molecule has 0 aliphatic carbocycles. The van der Waals surface area contributed by atoms with Crippen LogP contribution in [0.1, 0.15) is 48.1 Å². The minimum Gasteiger partial charge on any atom is -0.448 e. The Morgan fingerprint density at radius 2 is 2.22 bits per heavy atom. The lowest BCUT2D eigenvalue weighted by Gasteiger charge is -2.36. The van der Waals surface area contributed by atoms with Gasteiger partial charge in [-0.15, -0.1) is 0 Å². The number of benzene rings is 1. The standard InChI is InChI=1S/C19H23N5O3/c1-4-8-19(10-16(25)24(3)18(20)23-19)13-6-5-7-14(9-13)22-17(26)15-11-27-12(2)21-15/h5-7,9,11H,4,8,10H2,1-3H3,(H2,20,23)(H,22,26)/t19-/m0/s1. The minimum atomic E-state index is -0.729. The molecule has 0 bridgehead atoms. The zero-order valence-corrected chi connectivity index (χ0v) is 15.7. The molecule has 0 radical (unpaired) electrons. The fraction of sp³-hybridized carbons (Fsp3) is 0.368. The molecule has 0 saturated heterocycles. The number of guanidine groups is 1. The molecular formula is C19H23N5O3. The summed E-state index contributed by atoms with van der Waals surface area (Å²) in [6.07, 6.45) is 3.06. The highest BCUT2D eigenvalue weighted by Gasteiger charge is 2.39. The lowest BCUT2D eigenvalue weighted by atomic mass is 9.81. The third kappa shape index (κ3) is 3.69. The lowest BCUT2D eigenvalue weighted by Crippen LogP contribution is -2.48. The normalized spacial score (nSPS) is 19.7. The molecule has 8 nitrogen and oxygen atoms in total. The Morgan fingerprint density at radius 3 is 2.85 bits per heavy atom. The van der Waals surface area contributed by atoms with Crippen LogP contribution in [0.25, 0.3) is 0 Å². The summed E-state index contributed by atoms with van der Waals surface area (Å²) >= 11 is 0. The van der Waals surface area contributed by atoms with E-state index in [0.717, 1.165) is 12.0 Å². The maximum atomic E-state index is 12.4. The molecule has 1 aromatic carbocycles. The second kappa shape index (κ2) is 7.22. The third-order valence-electron chi connectivity index (χ3n) is 4.66. The maximum Gasteiger partial charge on any atom is 0.277 e. The van der Waals surface area contributed by atoms with Crippen LogP contribution in [0.2, 0.25) is 0 Å². The topological polar surface area (TPSA) is 114 Å². The van der Waals surface area contributed by atoms with Crippen molar-refractivity contribution in [2.45, 2.75) is 38.6 Å². The van der Waals surface area contributed by atoms with Crippen LogP contribution in [-0.2, 0) is 10.3 Å². The Morgan fingerprint density at radius 1 is 1.44 bits per heavy atom. The fourth-order valence-electron chi connectivity index (χ4n) is 3.25. The number of amides is 2. The Kier molecular flexibility index (Phi) is 4.98. The van der Waals surface area contributed by atoms with Crippen molar-refractivity contribution in [3.8, 4) is 0 Å². The molecule has 0 fully saturated rings. The number of nitrogens with zero attached hydrogens (tertiary/aromatic N) is 3. The van der Waals surface area contributed by atoms with Gasteiger partial charge < -0.3 is 15.5 Å². The first kappa shape index (κ1) is 18.6. The molecule has 1 aliphatic rings. The van der Waals surface area contributed by atoms with Gasteiger partial charge >= 0.3 is 0 Å². The van der Waals surface area contributed by atoms with Gasteiger partial charge in [0.05, 0.1) is 12.0 Å². The van der Waals surface area contributed by atoms with Gasteiger partial charge in [0.1, 0.15) is 6.26 Å². The van der Waals surface area contributed by atoms with Gasteiger partial charge in [-0.2, -0.15) is 0 Å². The van der Waals surface area contributed by atoms with E-state index in [1.165, 1.54) is 11.2 Å². The van der Waals surface area contributed by atoms with Crippen molar-refractivity contribution in [3.05, 3.63) is 47.7 Å². The monoisotopic (exact) mass is 369 g/mol. The van der Waals surface area contributed by atoms with Crippen molar-refractivity contribution in [1.29, 1.82) is 0 Å². The predicted octanol–water partition coefficient (Wildman–Crippen LogP) is 2.41. The van der Waals surface area contributed by atoms with Crippen LogP contribution in [0.3, 0.4) is 0 Å². The molecule has 3 rings (SSSR count). The molecule has 2 aromatic rings. The summed E-state index contributed by atoms with van der Waals surface area (Å²) < 4.78 is 5.08. The van der Waals surface area contributed by atoms with Crippen LogP contribution in [-0.4, -0.2) is 34.7 Å². The molecule has 1 atom stereocenters. The number of hydrogen-bond donors (Lipinski definition) is 2. The third-order valence-corrected chi connectivity index (χ3v) is 4.66. The summed E-state index contributed by atoms with van der Waals surface area (Å²) in [7, 11) is 1.62. The van der Waals surface area contributed by atoms with Gasteiger partial charge in [0, 0.05) is 19.7 Å². The number of anilines is 1. The van der Waals surface area contributed by atoms with Crippen molar-refractivity contribution < 1.29 is 14.0 Å². The van der Waals surface area contributed by atoms with E-state index in [2.05, 4.69) is 15.3 Å². The van der Waals surface area contributed by atoms with Crippen LogP contribution in [0.15, 0.2) is 39.9 Å². The highest BCUT2D eigenvalue weighted by Crippen LogP contribution is 2.38. The number of aryl methyl sites for hydroxylation is 1. The average molecular weight is 369 g/mol. The van der Waals surface area contributed by atoms with Gasteiger partial charge in [-0.05, 0) is 24.1 Å². The van der Waals surface area contributed by atoms with Crippen molar-refractivity contribution in [2.24, 2.45) is 10.7 Å². The molecule has 1 aromatic heterocycles. The maximum absolute atomic E-state index is 12.4. The molecule has 0 saturated carbocycles. The van der Waals surface area contributed by atoms with Crippen molar-refractivity contribution in [3.63, 3.8) is 0 Å². The second-order valence-corrected chi connectivity index (χ2v) is 6.67.